The van der Waals surface area contributed by atoms with Gasteiger partial charge in [0.15, 0.2) is 0 Å². The van der Waals surface area contributed by atoms with Gasteiger partial charge in [0.1, 0.15) is 0 Å². The molecule has 7 heteroatoms. The first kappa shape index (κ1) is 17.2. The summed E-state index contributed by atoms with van der Waals surface area (Å²) in [6, 6.07) is 5.97. The highest BCUT2D eigenvalue weighted by Gasteiger charge is 2.16. The van der Waals surface area contributed by atoms with Crippen LogP contribution in [0.15, 0.2) is 22.7 Å². The second kappa shape index (κ2) is 7.98. The van der Waals surface area contributed by atoms with Crippen LogP contribution in [0.2, 0.25) is 0 Å². The number of aromatic nitrogens is 2. The van der Waals surface area contributed by atoms with Crippen LogP contribution in [0.4, 0.5) is 0 Å². The van der Waals surface area contributed by atoms with Crippen molar-refractivity contribution in [3.05, 3.63) is 22.7 Å². The molecule has 1 aliphatic heterocycles. The third kappa shape index (κ3) is 4.27. The van der Waals surface area contributed by atoms with E-state index in [4.69, 9.17) is 9.47 Å². The van der Waals surface area contributed by atoms with Gasteiger partial charge in [0.25, 0.3) is 0 Å². The Morgan fingerprint density at radius 3 is 3.21 bits per heavy atom. The predicted molar refractivity (Wildman–Crippen MR) is 95.1 cm³/mol. The summed E-state index contributed by atoms with van der Waals surface area (Å²) < 4.78 is 14.0. The fourth-order valence-corrected chi connectivity index (χ4v) is 3.20. The third-order valence-corrected chi connectivity index (χ3v) is 4.61. The summed E-state index contributed by atoms with van der Waals surface area (Å²) >= 11 is 3.47. The largest absolute Gasteiger partial charge is 0.476 e. The normalized spacial score (nSPS) is 17.3. The molecule has 2 heterocycles. The molecule has 6 nitrogen and oxygen atoms in total. The number of rotatable bonds is 7. The SMILES string of the molecule is Cn1nc(OCCCC(=O)NC[C@H]2CCCO2)c2cc(Br)ccc21. The van der Waals surface area contributed by atoms with Crippen molar-refractivity contribution >= 4 is 32.7 Å². The van der Waals surface area contributed by atoms with Gasteiger partial charge in [0, 0.05) is 31.1 Å². The number of halogens is 1. The standard InChI is InChI=1S/C17H22BrN3O3/c1-21-15-7-6-12(18)10-14(15)17(20-21)24-9-3-5-16(22)19-11-13-4-2-8-23-13/h6-7,10,13H,2-5,8-9,11H2,1H3,(H,19,22)/t13-/m1/s1. The maximum absolute atomic E-state index is 11.8. The first-order valence-corrected chi connectivity index (χ1v) is 9.06. The van der Waals surface area contributed by atoms with Crippen LogP contribution in [0.5, 0.6) is 5.88 Å². The van der Waals surface area contributed by atoms with Crippen LogP contribution < -0.4 is 10.1 Å². The van der Waals surface area contributed by atoms with Gasteiger partial charge in [-0.1, -0.05) is 15.9 Å². The molecule has 1 aromatic carbocycles. The highest BCUT2D eigenvalue weighted by atomic mass is 79.9. The van der Waals surface area contributed by atoms with E-state index in [9.17, 15) is 4.79 Å². The van der Waals surface area contributed by atoms with Crippen molar-refractivity contribution in [2.24, 2.45) is 7.05 Å². The van der Waals surface area contributed by atoms with E-state index in [1.165, 1.54) is 0 Å². The number of aryl methyl sites for hydroxylation is 1. The van der Waals surface area contributed by atoms with E-state index in [0.717, 1.165) is 34.8 Å². The summed E-state index contributed by atoms with van der Waals surface area (Å²) in [5.41, 5.74) is 1.02. The molecule has 24 heavy (non-hydrogen) atoms. The third-order valence-electron chi connectivity index (χ3n) is 4.12. The average Bonchev–Trinajstić information content (AvgIpc) is 3.18. The fraction of sp³-hybridized carbons (Fsp3) is 0.529. The molecule has 1 saturated heterocycles. The van der Waals surface area contributed by atoms with Gasteiger partial charge in [-0.05, 0) is 37.5 Å². The van der Waals surface area contributed by atoms with E-state index in [1.807, 2.05) is 25.2 Å². The van der Waals surface area contributed by atoms with Crippen LogP contribution in [0.1, 0.15) is 25.7 Å². The zero-order valence-electron chi connectivity index (χ0n) is 13.8. The van der Waals surface area contributed by atoms with Crippen LogP contribution in [-0.4, -0.2) is 41.6 Å². The molecule has 1 fully saturated rings. The van der Waals surface area contributed by atoms with E-state index < -0.39 is 0 Å². The number of nitrogens with zero attached hydrogens (tertiary/aromatic N) is 2. The first-order chi connectivity index (χ1) is 11.6. The monoisotopic (exact) mass is 395 g/mol. The zero-order chi connectivity index (χ0) is 16.9. The van der Waals surface area contributed by atoms with Gasteiger partial charge < -0.3 is 14.8 Å². The number of amides is 1. The molecular formula is C17H22BrN3O3. The molecule has 1 N–H and O–H groups in total. The number of carbonyl (C=O) groups is 1. The first-order valence-electron chi connectivity index (χ1n) is 8.27. The smallest absolute Gasteiger partial charge is 0.240 e. The van der Waals surface area contributed by atoms with Gasteiger partial charge in [-0.3, -0.25) is 9.48 Å². The molecule has 1 amide bonds. The van der Waals surface area contributed by atoms with E-state index in [1.54, 1.807) is 4.68 Å². The number of ether oxygens (including phenoxy) is 2. The van der Waals surface area contributed by atoms with Crippen molar-refractivity contribution < 1.29 is 14.3 Å². The lowest BCUT2D eigenvalue weighted by molar-refractivity contribution is -0.121. The molecule has 0 radical (unpaired) electrons. The molecule has 1 atom stereocenters. The van der Waals surface area contributed by atoms with Gasteiger partial charge in [0.05, 0.1) is 23.6 Å². The Hall–Kier alpha value is -1.60. The number of hydrogen-bond acceptors (Lipinski definition) is 4. The quantitative estimate of drug-likeness (QED) is 0.731. The Kier molecular flexibility index (Phi) is 5.73. The Morgan fingerprint density at radius 2 is 2.42 bits per heavy atom. The molecule has 0 saturated carbocycles. The van der Waals surface area contributed by atoms with E-state index in [2.05, 4.69) is 26.3 Å². The van der Waals surface area contributed by atoms with Gasteiger partial charge >= 0.3 is 0 Å². The second-order valence-corrected chi connectivity index (χ2v) is 6.90. The molecule has 0 spiro atoms. The molecule has 1 aliphatic rings. The van der Waals surface area contributed by atoms with Crippen molar-refractivity contribution in [1.29, 1.82) is 0 Å². The van der Waals surface area contributed by atoms with Crippen LogP contribution in [0.25, 0.3) is 10.9 Å². The van der Waals surface area contributed by atoms with Crippen LogP contribution in [-0.2, 0) is 16.6 Å². The highest BCUT2D eigenvalue weighted by Crippen LogP contribution is 2.27. The molecule has 0 unspecified atom stereocenters. The van der Waals surface area contributed by atoms with E-state index in [0.29, 0.717) is 31.9 Å². The molecule has 0 bridgehead atoms. The van der Waals surface area contributed by atoms with Gasteiger partial charge in [-0.2, -0.15) is 0 Å². The topological polar surface area (TPSA) is 65.4 Å². The maximum atomic E-state index is 11.8. The lowest BCUT2D eigenvalue weighted by Gasteiger charge is -2.10. The summed E-state index contributed by atoms with van der Waals surface area (Å²) in [6.45, 7) is 1.88. The number of hydrogen-bond donors (Lipinski definition) is 1. The lowest BCUT2D eigenvalue weighted by Crippen LogP contribution is -2.31. The van der Waals surface area contributed by atoms with Gasteiger partial charge in [0.2, 0.25) is 11.8 Å². The Balaban J connectivity index is 1.43. The highest BCUT2D eigenvalue weighted by molar-refractivity contribution is 9.10. The molecule has 130 valence electrons. The number of carbonyl (C=O) groups excluding carboxylic acids is 1. The van der Waals surface area contributed by atoms with Crippen molar-refractivity contribution in [2.75, 3.05) is 19.8 Å². The molecule has 3 rings (SSSR count). The second-order valence-electron chi connectivity index (χ2n) is 5.98. The predicted octanol–water partition coefficient (Wildman–Crippen LogP) is 2.79. The summed E-state index contributed by atoms with van der Waals surface area (Å²) in [6.07, 6.45) is 3.40. The lowest BCUT2D eigenvalue weighted by atomic mass is 10.2. The number of benzene rings is 1. The molecular weight excluding hydrogens is 374 g/mol. The maximum Gasteiger partial charge on any atom is 0.240 e. The number of fused-ring (bicyclic) bond motifs is 1. The van der Waals surface area contributed by atoms with E-state index in [-0.39, 0.29) is 12.0 Å². The summed E-state index contributed by atoms with van der Waals surface area (Å²) in [5.74, 6) is 0.649. The summed E-state index contributed by atoms with van der Waals surface area (Å²) in [7, 11) is 1.89. The number of nitrogens with one attached hydrogen (secondary N) is 1. The fourth-order valence-electron chi connectivity index (χ4n) is 2.84. The van der Waals surface area contributed by atoms with Crippen molar-refractivity contribution in [3.63, 3.8) is 0 Å². The molecule has 0 aliphatic carbocycles. The Morgan fingerprint density at radius 1 is 1.54 bits per heavy atom. The summed E-state index contributed by atoms with van der Waals surface area (Å²) in [5, 5.41) is 8.28. The van der Waals surface area contributed by atoms with Crippen LogP contribution in [0, 0.1) is 0 Å². The summed E-state index contributed by atoms with van der Waals surface area (Å²) in [4.78, 5) is 11.8. The minimum atomic E-state index is 0.0442. The molecule has 2 aromatic rings. The Bertz CT molecular complexity index is 710. The van der Waals surface area contributed by atoms with Gasteiger partial charge in [-0.25, -0.2) is 0 Å². The van der Waals surface area contributed by atoms with E-state index >= 15 is 0 Å². The zero-order valence-corrected chi connectivity index (χ0v) is 15.3. The molecule has 1 aromatic heterocycles. The van der Waals surface area contributed by atoms with Crippen molar-refractivity contribution in [2.45, 2.75) is 31.8 Å². The Labute approximate surface area is 149 Å². The average molecular weight is 396 g/mol. The van der Waals surface area contributed by atoms with Crippen LogP contribution >= 0.6 is 15.9 Å². The van der Waals surface area contributed by atoms with Crippen LogP contribution in [0.3, 0.4) is 0 Å². The van der Waals surface area contributed by atoms with Crippen molar-refractivity contribution in [3.8, 4) is 5.88 Å². The minimum Gasteiger partial charge on any atom is -0.476 e. The minimum absolute atomic E-state index is 0.0442. The van der Waals surface area contributed by atoms with Crippen molar-refractivity contribution in [1.82, 2.24) is 15.1 Å². The van der Waals surface area contributed by atoms with Gasteiger partial charge in [-0.15, -0.1) is 5.10 Å².